The topological polar surface area (TPSA) is 24.9 Å². The van der Waals surface area contributed by atoms with E-state index in [0.717, 1.165) is 45.1 Å². The van der Waals surface area contributed by atoms with Crippen LogP contribution in [0.4, 0.5) is 22.7 Å². The molecule has 0 aliphatic carbocycles. The van der Waals surface area contributed by atoms with Gasteiger partial charge in [-0.25, -0.2) is 0 Å². The number of benzene rings is 6. The molecule has 6 aromatic rings. The third-order valence-electron chi connectivity index (χ3n) is 12.3. The summed E-state index contributed by atoms with van der Waals surface area (Å²) in [5.74, 6) is 1.54. The lowest BCUT2D eigenvalue weighted by Crippen LogP contribution is -2.45. The van der Waals surface area contributed by atoms with Crippen LogP contribution in [0.3, 0.4) is 0 Å². The summed E-state index contributed by atoms with van der Waals surface area (Å²) in [6, 6.07) is 44.6. The molecule has 2 heterocycles. The Bertz CT molecular complexity index is 2440. The Morgan fingerprint density at radius 1 is 0.367 bits per heavy atom. The molecule has 12 radical (unpaired) electrons. The lowest BCUT2D eigenvalue weighted by atomic mass is 9.37. The summed E-state index contributed by atoms with van der Waals surface area (Å²) in [6.07, 6.45) is 0. The molecule has 0 N–H and O–H groups in total. The highest BCUT2D eigenvalue weighted by Crippen LogP contribution is 2.55. The number of hydrogen-bond acceptors (Lipinski definition) is 4. The van der Waals surface area contributed by atoms with Gasteiger partial charge in [0.05, 0.1) is 58.2 Å². The molecule has 4 nitrogen and oxygen atoms in total. The van der Waals surface area contributed by atoms with E-state index >= 15 is 0 Å². The van der Waals surface area contributed by atoms with Crippen LogP contribution in [0.25, 0.3) is 11.1 Å². The van der Waals surface area contributed by atoms with Gasteiger partial charge in [0.2, 0.25) is 0 Å². The molecule has 0 unspecified atom stereocenters. The fourth-order valence-corrected chi connectivity index (χ4v) is 9.65. The Morgan fingerprint density at radius 2 is 0.667 bits per heavy atom. The fourth-order valence-electron chi connectivity index (χ4n) is 9.65. The summed E-state index contributed by atoms with van der Waals surface area (Å²) in [5, 5.41) is -3.74. The van der Waals surface area contributed by atoms with Gasteiger partial charge in [-0.05, 0) is 114 Å². The highest BCUT2D eigenvalue weighted by atomic mass is 16.5. The summed E-state index contributed by atoms with van der Waals surface area (Å²) in [7, 11) is 41.9. The Labute approximate surface area is 364 Å². The first-order chi connectivity index (χ1) is 28.1. The molecule has 2 aliphatic rings. The average molecular weight is 772 g/mol. The smallest absolute Gasteiger partial charge is 0.130 e. The van der Waals surface area contributed by atoms with Crippen LogP contribution in [0.5, 0.6) is 11.5 Å². The Balaban J connectivity index is 1.46. The molecule has 0 aromatic heterocycles. The molecule has 286 valence electrons. The lowest BCUT2D eigenvalue weighted by molar-refractivity contribution is 0.103. The van der Waals surface area contributed by atoms with Crippen LogP contribution < -0.4 is 19.3 Å². The van der Waals surface area contributed by atoms with Crippen LogP contribution in [0, 0.1) is 0 Å². The summed E-state index contributed by atoms with van der Waals surface area (Å²) in [4.78, 5) is 4.54. The molecular weight excluding hydrogens is 725 g/mol. The highest BCUT2D eigenvalue weighted by Gasteiger charge is 2.44. The number of ether oxygens (including phenoxy) is 2. The zero-order valence-corrected chi connectivity index (χ0v) is 35.9. The number of hydrogen-bond donors (Lipinski definition) is 0. The van der Waals surface area contributed by atoms with Crippen LogP contribution in [0.2, 0.25) is 0 Å². The van der Waals surface area contributed by atoms with E-state index < -0.39 is 32.5 Å². The minimum absolute atomic E-state index is 0.472. The second kappa shape index (κ2) is 14.3. The molecular formula is C50H46B6N2O2. The van der Waals surface area contributed by atoms with Crippen molar-refractivity contribution >= 4 is 69.8 Å². The molecule has 0 bridgehead atoms. The summed E-state index contributed by atoms with van der Waals surface area (Å²) in [6.45, 7) is 16.9. The van der Waals surface area contributed by atoms with Crippen LogP contribution in [-0.2, 0) is 32.5 Å². The van der Waals surface area contributed by atoms with E-state index in [-0.39, 0.29) is 0 Å². The predicted octanol–water partition coefficient (Wildman–Crippen LogP) is 9.99. The van der Waals surface area contributed by atoms with Crippen LogP contribution >= 0.6 is 0 Å². The first kappa shape index (κ1) is 41.6. The molecule has 0 saturated carbocycles. The number of para-hydroxylation sites is 4. The monoisotopic (exact) mass is 772 g/mol. The molecule has 6 aromatic carbocycles. The van der Waals surface area contributed by atoms with Gasteiger partial charge < -0.3 is 19.3 Å². The van der Waals surface area contributed by atoms with Crippen molar-refractivity contribution in [3.05, 3.63) is 167 Å². The standard InChI is InChI=1S/C50H46B6N2O2/c1-45(2)35-23-11-15-29-41(35)59-47(5,6)33-21-9-13-25-37(33)57(45)39-27-17-19-31(43(39)49(51,52)53)32-20-18-28-40(44(32)50(54,55)56)58-38-26-14-10-22-34(38)48(7,8)60-42-30-16-12-24-36(42)46(58,3)4/h9-30H,1-8H3. The Kier molecular flexibility index (Phi) is 9.89. The van der Waals surface area contributed by atoms with E-state index in [9.17, 15) is 0 Å². The van der Waals surface area contributed by atoms with Crippen molar-refractivity contribution in [1.29, 1.82) is 0 Å². The Hall–Kier alpha value is -5.09. The normalized spacial score (nSPS) is 17.5. The van der Waals surface area contributed by atoms with Crippen molar-refractivity contribution in [2.24, 2.45) is 0 Å². The van der Waals surface area contributed by atoms with Gasteiger partial charge in [-0.1, -0.05) is 97.1 Å². The zero-order valence-electron chi connectivity index (χ0n) is 35.9. The van der Waals surface area contributed by atoms with Gasteiger partial charge in [-0.2, -0.15) is 0 Å². The highest BCUT2D eigenvalue weighted by molar-refractivity contribution is 6.60. The van der Waals surface area contributed by atoms with Crippen LogP contribution in [0.15, 0.2) is 133 Å². The van der Waals surface area contributed by atoms with Crippen molar-refractivity contribution in [3.8, 4) is 22.6 Å². The second-order valence-electron chi connectivity index (χ2n) is 18.3. The fraction of sp³-hybridized carbons (Fsp3) is 0.280. The molecule has 0 amide bonds. The molecule has 8 rings (SSSR count). The first-order valence-electron chi connectivity index (χ1n) is 20.4. The van der Waals surface area contributed by atoms with E-state index in [0.29, 0.717) is 33.6 Å². The van der Waals surface area contributed by atoms with Crippen molar-refractivity contribution in [2.75, 3.05) is 9.80 Å². The third-order valence-corrected chi connectivity index (χ3v) is 12.3. The van der Waals surface area contributed by atoms with Crippen molar-refractivity contribution in [3.63, 3.8) is 0 Å². The maximum absolute atomic E-state index is 6.98. The number of nitrogens with zero attached hydrogens (tertiary/aromatic N) is 2. The zero-order chi connectivity index (χ0) is 43.2. The number of fused-ring (bicyclic) bond motifs is 4. The maximum Gasteiger partial charge on any atom is 0.130 e. The van der Waals surface area contributed by atoms with Gasteiger partial charge in [-0.15, -0.1) is 10.2 Å². The van der Waals surface area contributed by atoms with Gasteiger partial charge in [-0.3, -0.25) is 0 Å². The largest absolute Gasteiger partial charge is 0.483 e. The van der Waals surface area contributed by atoms with E-state index in [4.69, 9.17) is 56.6 Å². The summed E-state index contributed by atoms with van der Waals surface area (Å²) >= 11 is 0. The quantitative estimate of drug-likeness (QED) is 0.163. The van der Waals surface area contributed by atoms with E-state index in [1.54, 1.807) is 0 Å². The van der Waals surface area contributed by atoms with Crippen molar-refractivity contribution in [1.82, 2.24) is 0 Å². The van der Waals surface area contributed by atoms with Crippen molar-refractivity contribution in [2.45, 2.75) is 87.9 Å². The molecule has 60 heavy (non-hydrogen) atoms. The van der Waals surface area contributed by atoms with Crippen LogP contribution in [-0.4, -0.2) is 47.1 Å². The molecule has 2 aliphatic heterocycles. The second-order valence-corrected chi connectivity index (χ2v) is 18.3. The maximum atomic E-state index is 6.98. The average Bonchev–Trinajstić information content (AvgIpc) is 3.16. The summed E-state index contributed by atoms with van der Waals surface area (Å²) in [5.41, 5.74) is 6.39. The molecule has 0 saturated heterocycles. The van der Waals surface area contributed by atoms with Gasteiger partial charge >= 0.3 is 0 Å². The summed E-state index contributed by atoms with van der Waals surface area (Å²) < 4.78 is 13.6. The van der Waals surface area contributed by atoms with Gasteiger partial charge in [0.25, 0.3) is 0 Å². The third kappa shape index (κ3) is 6.79. The minimum atomic E-state index is -1.87. The van der Waals surface area contributed by atoms with Gasteiger partial charge in [0.1, 0.15) is 22.7 Å². The predicted molar refractivity (Wildman–Crippen MR) is 253 cm³/mol. The number of rotatable bonds is 5. The van der Waals surface area contributed by atoms with Crippen molar-refractivity contribution < 1.29 is 9.47 Å². The van der Waals surface area contributed by atoms with E-state index in [1.807, 2.05) is 97.1 Å². The number of anilines is 4. The molecule has 0 fully saturated rings. The van der Waals surface area contributed by atoms with E-state index in [1.165, 1.54) is 0 Å². The van der Waals surface area contributed by atoms with Crippen LogP contribution in [0.1, 0.15) is 88.8 Å². The minimum Gasteiger partial charge on any atom is -0.483 e. The molecule has 10 heteroatoms. The molecule has 0 spiro atoms. The lowest BCUT2D eigenvalue weighted by Gasteiger charge is -2.49. The molecule has 0 atom stereocenters. The first-order valence-corrected chi connectivity index (χ1v) is 20.4. The van der Waals surface area contributed by atoms with Gasteiger partial charge in [0, 0.05) is 45.0 Å². The Morgan fingerprint density at radius 3 is 1.02 bits per heavy atom. The SMILES string of the molecule is [B]C([B])([B])c1c(-c2cccc(N3c4ccccc4C(C)(C)Oc4ccccc4C3(C)C)c2C([B])([B])[B])cccc1N1c2ccccc2C(C)(C)Oc2ccccc2C1(C)C. The van der Waals surface area contributed by atoms with Gasteiger partial charge in [0.15, 0.2) is 0 Å². The van der Waals surface area contributed by atoms with E-state index in [2.05, 4.69) is 102 Å².